The first-order chi connectivity index (χ1) is 26.4. The zero-order chi connectivity index (χ0) is 43.9. The van der Waals surface area contributed by atoms with E-state index in [0.717, 1.165) is 46.1 Å². The minimum Gasteiger partial charge on any atom is -0.481 e. The summed E-state index contributed by atoms with van der Waals surface area (Å²) in [7, 11) is -0.738. The van der Waals surface area contributed by atoms with Crippen molar-refractivity contribution < 1.29 is 56.7 Å². The lowest BCUT2D eigenvalue weighted by Crippen LogP contribution is -2.48. The maximum absolute atomic E-state index is 12.8. The fraction of sp³-hybridized carbons (Fsp3) is 0.674. The smallest absolute Gasteiger partial charge is 0.481 e. The average molecular weight is 818 g/mol. The molecule has 58 heavy (non-hydrogen) atoms. The Balaban J connectivity index is 0.000000207. The van der Waals surface area contributed by atoms with Gasteiger partial charge < -0.3 is 39.7 Å². The number of anilines is 1. The van der Waals surface area contributed by atoms with Gasteiger partial charge in [-0.25, -0.2) is 0 Å². The number of carbonyl (C=O) groups excluding carboxylic acids is 1. The molecule has 2 saturated heterocycles. The summed E-state index contributed by atoms with van der Waals surface area (Å²) in [6.07, 6.45) is -2.53. The first-order valence-corrected chi connectivity index (χ1v) is 20.3. The van der Waals surface area contributed by atoms with Gasteiger partial charge >= 0.3 is 26.4 Å². The third-order valence-electron chi connectivity index (χ3n) is 13.5. The third kappa shape index (κ3) is 10.7. The van der Waals surface area contributed by atoms with Gasteiger partial charge in [-0.15, -0.1) is 0 Å². The molecule has 2 aliphatic heterocycles. The van der Waals surface area contributed by atoms with E-state index in [1.54, 1.807) is 0 Å². The van der Waals surface area contributed by atoms with Gasteiger partial charge in [0.1, 0.15) is 5.78 Å². The molecule has 2 saturated carbocycles. The molecule has 15 heteroatoms. The van der Waals surface area contributed by atoms with Gasteiger partial charge in [0.2, 0.25) is 0 Å². The van der Waals surface area contributed by atoms with Crippen LogP contribution in [-0.2, 0) is 34.6 Å². The van der Waals surface area contributed by atoms with Gasteiger partial charge in [0.05, 0.1) is 33.9 Å². The van der Waals surface area contributed by atoms with Crippen molar-refractivity contribution >= 4 is 42.6 Å². The summed E-state index contributed by atoms with van der Waals surface area (Å²) in [5.41, 5.74) is 7.19. The predicted octanol–water partition coefficient (Wildman–Crippen LogP) is 6.78. The second kappa shape index (κ2) is 17.2. The highest BCUT2D eigenvalue weighted by Crippen LogP contribution is 2.43. The van der Waals surface area contributed by atoms with E-state index in [1.807, 2.05) is 77.9 Å². The van der Waals surface area contributed by atoms with Crippen molar-refractivity contribution in [3.63, 3.8) is 0 Å². The number of hydrogen-bond donors (Lipinski definition) is 4. The van der Waals surface area contributed by atoms with E-state index in [1.165, 1.54) is 0 Å². The Morgan fingerprint density at radius 1 is 0.690 bits per heavy atom. The minimum atomic E-state index is -4.66. The van der Waals surface area contributed by atoms with Gasteiger partial charge in [-0.05, 0) is 161 Å². The van der Waals surface area contributed by atoms with Crippen LogP contribution in [0.15, 0.2) is 36.4 Å². The zero-order valence-corrected chi connectivity index (χ0v) is 36.1. The van der Waals surface area contributed by atoms with Gasteiger partial charge in [0, 0.05) is 18.0 Å². The SMILES string of the molecule is Cc1c(CC(=O)C2CCC(C)(O)CC2)cccc1B1OC(C)(C)C(C)(C)O1.Cc1c(N)cccc1B1OC(C)(C)C(C)(C)O1.O=C(O)C1CCC(O)(C(F)(F)F)CC1. The number of halogens is 3. The minimum absolute atomic E-state index is 0.0603. The highest BCUT2D eigenvalue weighted by Gasteiger charge is 2.56. The first kappa shape index (κ1) is 47.7. The maximum atomic E-state index is 12.8. The summed E-state index contributed by atoms with van der Waals surface area (Å²) in [6.45, 7) is 22.3. The molecule has 322 valence electrons. The van der Waals surface area contributed by atoms with Gasteiger partial charge in [0.15, 0.2) is 5.60 Å². The van der Waals surface area contributed by atoms with Gasteiger partial charge in [0.25, 0.3) is 0 Å². The van der Waals surface area contributed by atoms with Crippen LogP contribution in [0.25, 0.3) is 0 Å². The Morgan fingerprint density at radius 2 is 1.09 bits per heavy atom. The summed E-state index contributed by atoms with van der Waals surface area (Å²) in [6, 6.07) is 11.9. The lowest BCUT2D eigenvalue weighted by molar-refractivity contribution is -0.271. The number of Topliss-reactive ketones (excluding diaryl/α,β-unsaturated/α-hetero) is 1. The molecule has 5 N–H and O–H groups in total. The van der Waals surface area contributed by atoms with E-state index in [-0.39, 0.29) is 54.1 Å². The molecule has 2 aromatic carbocycles. The van der Waals surface area contributed by atoms with Crippen LogP contribution in [0.4, 0.5) is 18.9 Å². The summed E-state index contributed by atoms with van der Waals surface area (Å²) in [5.74, 6) is -1.50. The molecule has 0 aromatic heterocycles. The summed E-state index contributed by atoms with van der Waals surface area (Å²) < 4.78 is 61.2. The number of aliphatic hydroxyl groups is 2. The molecule has 0 bridgehead atoms. The fourth-order valence-corrected chi connectivity index (χ4v) is 7.54. The molecule has 0 amide bonds. The van der Waals surface area contributed by atoms with E-state index in [9.17, 15) is 33.0 Å². The zero-order valence-electron chi connectivity index (χ0n) is 36.1. The Bertz CT molecular complexity index is 1750. The monoisotopic (exact) mass is 817 g/mol. The Morgan fingerprint density at radius 3 is 1.50 bits per heavy atom. The molecule has 0 radical (unpaired) electrons. The second-order valence-electron chi connectivity index (χ2n) is 18.9. The Hall–Kier alpha value is -2.94. The molecule has 6 rings (SSSR count). The summed E-state index contributed by atoms with van der Waals surface area (Å²) in [5, 5.41) is 27.8. The number of aliphatic carboxylic acids is 1. The lowest BCUT2D eigenvalue weighted by atomic mass is 9.73. The number of rotatable bonds is 6. The van der Waals surface area contributed by atoms with Crippen LogP contribution in [0.5, 0.6) is 0 Å². The number of ketones is 1. The van der Waals surface area contributed by atoms with Crippen LogP contribution >= 0.6 is 0 Å². The first-order valence-electron chi connectivity index (χ1n) is 20.3. The summed E-state index contributed by atoms with van der Waals surface area (Å²) in [4.78, 5) is 23.3. The van der Waals surface area contributed by atoms with Crippen molar-refractivity contribution in [2.75, 3.05) is 5.73 Å². The molecule has 10 nitrogen and oxygen atoms in total. The van der Waals surface area contributed by atoms with E-state index in [0.29, 0.717) is 19.3 Å². The average Bonchev–Trinajstić information content (AvgIpc) is 3.46. The van der Waals surface area contributed by atoms with Crippen LogP contribution in [0, 0.1) is 25.7 Å². The Labute approximate surface area is 343 Å². The third-order valence-corrected chi connectivity index (χ3v) is 13.5. The molecular formula is C43H64B2F3NO9. The molecule has 0 spiro atoms. The maximum Gasteiger partial charge on any atom is 0.495 e. The number of alkyl halides is 3. The van der Waals surface area contributed by atoms with Crippen LogP contribution in [0.1, 0.15) is 130 Å². The van der Waals surface area contributed by atoms with Crippen LogP contribution in [-0.4, -0.2) is 81.1 Å². The molecule has 0 unspecified atom stereocenters. The highest BCUT2D eigenvalue weighted by atomic mass is 19.4. The van der Waals surface area contributed by atoms with Crippen molar-refractivity contribution in [1.29, 1.82) is 0 Å². The van der Waals surface area contributed by atoms with Gasteiger partial charge in [-0.2, -0.15) is 13.2 Å². The lowest BCUT2D eigenvalue weighted by Gasteiger charge is -2.35. The van der Waals surface area contributed by atoms with Gasteiger partial charge in [-0.3, -0.25) is 9.59 Å². The predicted molar refractivity (Wildman–Crippen MR) is 220 cm³/mol. The number of nitrogens with two attached hydrogens (primary N) is 1. The topological polar surface area (TPSA) is 158 Å². The number of carboxylic acids is 1. The van der Waals surface area contributed by atoms with Crippen molar-refractivity contribution in [1.82, 2.24) is 0 Å². The quantitative estimate of drug-likeness (QED) is 0.181. The van der Waals surface area contributed by atoms with E-state index in [2.05, 4.69) is 34.6 Å². The largest absolute Gasteiger partial charge is 0.495 e. The molecule has 2 heterocycles. The number of nitrogen functional groups attached to an aromatic ring is 1. The van der Waals surface area contributed by atoms with Crippen molar-refractivity contribution in [3.8, 4) is 0 Å². The molecule has 4 aliphatic rings. The van der Waals surface area contributed by atoms with E-state index < -0.39 is 49.2 Å². The van der Waals surface area contributed by atoms with E-state index in [4.69, 9.17) is 29.5 Å². The summed E-state index contributed by atoms with van der Waals surface area (Å²) >= 11 is 0. The molecule has 4 fully saturated rings. The molecule has 2 aromatic rings. The van der Waals surface area contributed by atoms with Gasteiger partial charge in [-0.1, -0.05) is 30.3 Å². The number of carboxylic acid groups (broad SMARTS) is 1. The van der Waals surface area contributed by atoms with Crippen LogP contribution in [0.2, 0.25) is 0 Å². The number of benzene rings is 2. The molecule has 0 atom stereocenters. The van der Waals surface area contributed by atoms with Crippen LogP contribution < -0.4 is 16.7 Å². The molecular weight excluding hydrogens is 753 g/mol. The molecule has 2 aliphatic carbocycles. The standard InChI is InChI=1S/C22H33BO4.C13H20BNO2.C8H11F3O3/c1-15-17(14-19(24)16-10-12-22(6,25)13-11-16)8-7-9-18(15)23-26-20(2,3)21(4,5)27-23;1-9-10(7-6-8-11(9)15)14-16-12(2,3)13(4,5)17-14;9-8(10,11)7(14)3-1-5(2-4-7)6(12)13/h7-9,16,25H,10-14H2,1-6H3;6-8H,15H2,1-5H3;5,14H,1-4H2,(H,12,13). The van der Waals surface area contributed by atoms with Crippen LogP contribution in [0.3, 0.4) is 0 Å². The van der Waals surface area contributed by atoms with E-state index >= 15 is 0 Å². The Kier molecular flexibility index (Phi) is 14.2. The normalized spacial score (nSPS) is 28.5. The second-order valence-corrected chi connectivity index (χ2v) is 18.9. The van der Waals surface area contributed by atoms with Crippen molar-refractivity contribution in [2.45, 2.75) is 174 Å². The van der Waals surface area contributed by atoms with Crippen molar-refractivity contribution in [2.24, 2.45) is 11.8 Å². The number of carbonyl (C=O) groups is 2. The fourth-order valence-electron chi connectivity index (χ4n) is 7.54. The van der Waals surface area contributed by atoms with Crippen molar-refractivity contribution in [3.05, 3.63) is 53.1 Å². The number of hydrogen-bond acceptors (Lipinski definition) is 9. The highest BCUT2D eigenvalue weighted by molar-refractivity contribution is 6.63.